The van der Waals surface area contributed by atoms with Gasteiger partial charge in [-0.2, -0.15) is 4.31 Å². The van der Waals surface area contributed by atoms with Gasteiger partial charge in [0.2, 0.25) is 10.0 Å². The lowest BCUT2D eigenvalue weighted by Crippen LogP contribution is -2.37. The molecule has 3 rings (SSSR count). The minimum Gasteiger partial charge on any atom is -0.491 e. The Labute approximate surface area is 155 Å². The van der Waals surface area contributed by atoms with Gasteiger partial charge in [-0.25, -0.2) is 8.42 Å². The van der Waals surface area contributed by atoms with Crippen LogP contribution in [0.2, 0.25) is 0 Å². The highest BCUT2D eigenvalue weighted by Crippen LogP contribution is 2.32. The van der Waals surface area contributed by atoms with E-state index in [2.05, 4.69) is 5.16 Å². The molecule has 2 aromatic rings. The molecule has 0 unspecified atom stereocenters. The lowest BCUT2D eigenvalue weighted by molar-refractivity contribution is 0.240. The van der Waals surface area contributed by atoms with Gasteiger partial charge in [-0.15, -0.1) is 0 Å². The van der Waals surface area contributed by atoms with E-state index in [1.807, 2.05) is 33.8 Å². The van der Waals surface area contributed by atoms with Crippen molar-refractivity contribution in [2.45, 2.75) is 57.5 Å². The Kier molecular flexibility index (Phi) is 5.39. The van der Waals surface area contributed by atoms with Crippen LogP contribution in [0, 0.1) is 13.8 Å². The van der Waals surface area contributed by atoms with Crippen LogP contribution in [0.4, 0.5) is 0 Å². The summed E-state index contributed by atoms with van der Waals surface area (Å²) in [6.07, 6.45) is 1.53. The number of hydrogen-bond acceptors (Lipinski definition) is 5. The molecule has 0 spiro atoms. The predicted molar refractivity (Wildman–Crippen MR) is 98.9 cm³/mol. The highest BCUT2D eigenvalue weighted by Gasteiger charge is 2.31. The Bertz CT molecular complexity index is 865. The van der Waals surface area contributed by atoms with Crippen LogP contribution in [0.25, 0.3) is 0 Å². The Morgan fingerprint density at radius 1 is 1.19 bits per heavy atom. The first kappa shape index (κ1) is 18.9. The van der Waals surface area contributed by atoms with E-state index in [4.69, 9.17) is 9.26 Å². The standard InChI is InChI=1S/C19H26N2O4S/c1-13(2)24-18-6-5-17(11-14(18)3)26(22,23)21-9-7-16(8-10-21)19-12-15(4)20-25-19/h5-6,11-13,16H,7-10H2,1-4H3. The molecule has 1 saturated heterocycles. The van der Waals surface area contributed by atoms with Gasteiger partial charge in [0.25, 0.3) is 0 Å². The zero-order valence-electron chi connectivity index (χ0n) is 15.7. The minimum atomic E-state index is -3.50. The molecule has 1 aliphatic rings. The Hall–Kier alpha value is -1.86. The van der Waals surface area contributed by atoms with E-state index in [9.17, 15) is 8.42 Å². The maximum atomic E-state index is 13.0. The molecule has 0 saturated carbocycles. The number of aromatic nitrogens is 1. The van der Waals surface area contributed by atoms with E-state index in [1.165, 1.54) is 0 Å². The highest BCUT2D eigenvalue weighted by atomic mass is 32.2. The summed E-state index contributed by atoms with van der Waals surface area (Å²) in [6, 6.07) is 7.00. The Morgan fingerprint density at radius 3 is 2.42 bits per heavy atom. The van der Waals surface area contributed by atoms with Crippen LogP contribution >= 0.6 is 0 Å². The van der Waals surface area contributed by atoms with Gasteiger partial charge in [0.05, 0.1) is 16.7 Å². The quantitative estimate of drug-likeness (QED) is 0.794. The summed E-state index contributed by atoms with van der Waals surface area (Å²) in [7, 11) is -3.50. The van der Waals surface area contributed by atoms with Gasteiger partial charge in [0.15, 0.2) is 0 Å². The fourth-order valence-electron chi connectivity index (χ4n) is 3.27. The summed E-state index contributed by atoms with van der Waals surface area (Å²) in [5.74, 6) is 1.80. The maximum Gasteiger partial charge on any atom is 0.243 e. The first-order valence-corrected chi connectivity index (χ1v) is 10.4. The number of rotatable bonds is 5. The second-order valence-electron chi connectivity index (χ2n) is 7.14. The molecule has 0 amide bonds. The molecular weight excluding hydrogens is 352 g/mol. The number of nitrogens with zero attached hydrogens (tertiary/aromatic N) is 2. The predicted octanol–water partition coefficient (Wildman–Crippen LogP) is 3.65. The van der Waals surface area contributed by atoms with E-state index in [-0.39, 0.29) is 12.0 Å². The molecule has 7 heteroatoms. The molecule has 6 nitrogen and oxygen atoms in total. The molecule has 0 aliphatic carbocycles. The lowest BCUT2D eigenvalue weighted by Gasteiger charge is -2.30. The van der Waals surface area contributed by atoms with Gasteiger partial charge in [-0.05, 0) is 64.3 Å². The Morgan fingerprint density at radius 2 is 1.88 bits per heavy atom. The van der Waals surface area contributed by atoms with Gasteiger partial charge in [0, 0.05) is 25.1 Å². The minimum absolute atomic E-state index is 0.0508. The number of sulfonamides is 1. The van der Waals surface area contributed by atoms with E-state index in [1.54, 1.807) is 22.5 Å². The number of hydrogen-bond donors (Lipinski definition) is 0. The third-order valence-corrected chi connectivity index (χ3v) is 6.54. The zero-order valence-corrected chi connectivity index (χ0v) is 16.5. The molecule has 26 heavy (non-hydrogen) atoms. The molecule has 0 radical (unpaired) electrons. The van der Waals surface area contributed by atoms with Crippen molar-refractivity contribution in [3.05, 3.63) is 41.3 Å². The normalized spacial score (nSPS) is 17.0. The fourth-order valence-corrected chi connectivity index (χ4v) is 4.83. The average Bonchev–Trinajstić information content (AvgIpc) is 3.03. The van der Waals surface area contributed by atoms with Gasteiger partial charge >= 0.3 is 0 Å². The van der Waals surface area contributed by atoms with Gasteiger partial charge in [-0.3, -0.25) is 0 Å². The largest absolute Gasteiger partial charge is 0.491 e. The summed E-state index contributed by atoms with van der Waals surface area (Å²) in [5, 5.41) is 3.93. The van der Waals surface area contributed by atoms with Gasteiger partial charge in [0.1, 0.15) is 11.5 Å². The maximum absolute atomic E-state index is 13.0. The molecule has 0 atom stereocenters. The van der Waals surface area contributed by atoms with Crippen LogP contribution in [0.1, 0.15) is 49.6 Å². The summed E-state index contributed by atoms with van der Waals surface area (Å²) < 4.78 is 38.5. The average molecular weight is 378 g/mol. The molecule has 1 aliphatic heterocycles. The van der Waals surface area contributed by atoms with Crippen LogP contribution in [-0.4, -0.2) is 37.1 Å². The van der Waals surface area contributed by atoms with Crippen LogP contribution in [-0.2, 0) is 10.0 Å². The third kappa shape index (κ3) is 3.94. The molecular formula is C19H26N2O4S. The summed E-state index contributed by atoms with van der Waals surface area (Å²) in [5.41, 5.74) is 1.68. The second-order valence-corrected chi connectivity index (χ2v) is 9.08. The van der Waals surface area contributed by atoms with Gasteiger partial charge in [-0.1, -0.05) is 5.16 Å². The highest BCUT2D eigenvalue weighted by molar-refractivity contribution is 7.89. The van der Waals surface area contributed by atoms with Crippen molar-refractivity contribution < 1.29 is 17.7 Å². The third-order valence-electron chi connectivity index (χ3n) is 4.65. The molecule has 2 heterocycles. The zero-order chi connectivity index (χ0) is 18.9. The second kappa shape index (κ2) is 7.40. The molecule has 1 aromatic heterocycles. The molecule has 0 N–H and O–H groups in total. The first-order chi connectivity index (χ1) is 12.3. The van der Waals surface area contributed by atoms with Crippen LogP contribution in [0.3, 0.4) is 0 Å². The smallest absolute Gasteiger partial charge is 0.243 e. The Balaban J connectivity index is 1.72. The van der Waals surface area contributed by atoms with Crippen molar-refractivity contribution in [1.82, 2.24) is 9.46 Å². The number of piperidine rings is 1. The van der Waals surface area contributed by atoms with Crippen molar-refractivity contribution in [3.8, 4) is 5.75 Å². The molecule has 1 fully saturated rings. The first-order valence-electron chi connectivity index (χ1n) is 8.98. The molecule has 142 valence electrons. The molecule has 0 bridgehead atoms. The summed E-state index contributed by atoms with van der Waals surface area (Å²) >= 11 is 0. The number of benzene rings is 1. The van der Waals surface area contributed by atoms with Crippen molar-refractivity contribution >= 4 is 10.0 Å². The lowest BCUT2D eigenvalue weighted by atomic mass is 9.95. The number of aryl methyl sites for hydroxylation is 2. The van der Waals surface area contributed by atoms with Crippen molar-refractivity contribution in [2.24, 2.45) is 0 Å². The van der Waals surface area contributed by atoms with Gasteiger partial charge < -0.3 is 9.26 Å². The van der Waals surface area contributed by atoms with Crippen molar-refractivity contribution in [2.75, 3.05) is 13.1 Å². The van der Waals surface area contributed by atoms with Crippen molar-refractivity contribution in [1.29, 1.82) is 0 Å². The SMILES string of the molecule is Cc1cc(C2CCN(S(=O)(=O)c3ccc(OC(C)C)c(C)c3)CC2)on1. The molecule has 1 aromatic carbocycles. The summed E-state index contributed by atoms with van der Waals surface area (Å²) in [6.45, 7) is 8.62. The van der Waals surface area contributed by atoms with Crippen LogP contribution < -0.4 is 4.74 Å². The van der Waals surface area contributed by atoms with Crippen LogP contribution in [0.5, 0.6) is 5.75 Å². The van der Waals surface area contributed by atoms with E-state index in [0.29, 0.717) is 18.0 Å². The van der Waals surface area contributed by atoms with E-state index >= 15 is 0 Å². The number of ether oxygens (including phenoxy) is 1. The van der Waals surface area contributed by atoms with E-state index < -0.39 is 10.0 Å². The monoisotopic (exact) mass is 378 g/mol. The topological polar surface area (TPSA) is 72.6 Å². The van der Waals surface area contributed by atoms with Crippen LogP contribution in [0.15, 0.2) is 33.7 Å². The van der Waals surface area contributed by atoms with Crippen molar-refractivity contribution in [3.63, 3.8) is 0 Å². The summed E-state index contributed by atoms with van der Waals surface area (Å²) in [4.78, 5) is 0.320. The fraction of sp³-hybridized carbons (Fsp3) is 0.526. The van der Waals surface area contributed by atoms with E-state index in [0.717, 1.165) is 35.6 Å².